The van der Waals surface area contributed by atoms with Crippen molar-refractivity contribution >= 4 is 11.6 Å². The quantitative estimate of drug-likeness (QED) is 0.408. The third-order valence-corrected chi connectivity index (χ3v) is 3.65. The van der Waals surface area contributed by atoms with Crippen molar-refractivity contribution in [1.82, 2.24) is 30.8 Å². The molecule has 8 nitrogen and oxygen atoms in total. The van der Waals surface area contributed by atoms with Gasteiger partial charge in [0.05, 0.1) is 24.8 Å². The van der Waals surface area contributed by atoms with Gasteiger partial charge in [-0.1, -0.05) is 48.5 Å². The predicted octanol–water partition coefficient (Wildman–Crippen LogP) is 2.21. The van der Waals surface area contributed by atoms with Crippen LogP contribution in [0.4, 0.5) is 0 Å². The molecule has 0 saturated heterocycles. The van der Waals surface area contributed by atoms with Crippen LogP contribution in [-0.2, 0) is 0 Å². The van der Waals surface area contributed by atoms with E-state index in [0.29, 0.717) is 22.3 Å². The molecule has 2 aromatic heterocycles. The van der Waals surface area contributed by atoms with Gasteiger partial charge in [0.2, 0.25) is 0 Å². The Morgan fingerprint density at radius 2 is 0.714 bits per heavy atom. The van der Waals surface area contributed by atoms with Crippen LogP contribution in [0.2, 0.25) is 0 Å². The topological polar surface area (TPSA) is 111 Å². The van der Waals surface area contributed by atoms with Gasteiger partial charge in [-0.25, -0.2) is 0 Å². The van der Waals surface area contributed by atoms with E-state index in [-0.39, 0.29) is 11.6 Å². The van der Waals surface area contributed by atoms with Gasteiger partial charge >= 0.3 is 0 Å². The van der Waals surface area contributed by atoms with Crippen molar-refractivity contribution in [2.75, 3.05) is 0 Å². The summed E-state index contributed by atoms with van der Waals surface area (Å²) in [5, 5.41) is 20.3. The highest BCUT2D eigenvalue weighted by Crippen LogP contribution is 2.26. The number of rotatable bonds is 0. The van der Waals surface area contributed by atoms with E-state index >= 15 is 0 Å². The summed E-state index contributed by atoms with van der Waals surface area (Å²) < 4.78 is 0. The van der Waals surface area contributed by atoms with E-state index in [1.165, 1.54) is 0 Å². The molecule has 0 unspecified atom stereocenters. The molecule has 4 aromatic rings. The highest BCUT2D eigenvalue weighted by molar-refractivity contribution is 6.28. The summed E-state index contributed by atoms with van der Waals surface area (Å²) in [6.07, 6.45) is 6.31. The van der Waals surface area contributed by atoms with Gasteiger partial charge in [-0.15, -0.1) is 20.4 Å². The first-order valence-electron chi connectivity index (χ1n) is 8.23. The minimum Gasteiger partial charge on any atom is -0.289 e. The number of carbonyl (C=O) groups is 2. The second kappa shape index (κ2) is 9.48. The number of hydrogen-bond acceptors (Lipinski definition) is 8. The fourth-order valence-electron chi connectivity index (χ4n) is 2.46. The number of aromatic nitrogens is 6. The van der Waals surface area contributed by atoms with Crippen LogP contribution in [-0.4, -0.2) is 42.4 Å². The molecule has 0 atom stereocenters. The molecule has 0 amide bonds. The average molecular weight is 370 g/mol. The molecule has 0 saturated carbocycles. The zero-order valence-electron chi connectivity index (χ0n) is 14.6. The van der Waals surface area contributed by atoms with Gasteiger partial charge in [0.1, 0.15) is 0 Å². The van der Waals surface area contributed by atoms with Crippen molar-refractivity contribution in [1.29, 1.82) is 0 Å². The Morgan fingerprint density at radius 1 is 0.429 bits per heavy atom. The van der Waals surface area contributed by atoms with E-state index in [0.717, 1.165) is 0 Å². The summed E-state index contributed by atoms with van der Waals surface area (Å²) in [5.41, 5.74) is 2.02. The highest BCUT2D eigenvalue weighted by atomic mass is 16.1. The summed E-state index contributed by atoms with van der Waals surface area (Å²) in [6.45, 7) is 0. The third-order valence-electron chi connectivity index (χ3n) is 3.65. The standard InChI is InChI=1S/C14H8O2.2C3H3N3/c15-13-9-5-1-2-6-10(9)14(16)12-8-4-3-7-11(12)13;2*1-2-4-6-5-3-1/h1-8H;2*1-3H. The number of benzene rings is 2. The van der Waals surface area contributed by atoms with Gasteiger partial charge in [-0.2, -0.15) is 0 Å². The number of ketones is 2. The van der Waals surface area contributed by atoms with E-state index in [9.17, 15) is 9.59 Å². The van der Waals surface area contributed by atoms with Crippen molar-refractivity contribution < 1.29 is 9.59 Å². The zero-order chi connectivity index (χ0) is 19.6. The van der Waals surface area contributed by atoms with Crippen molar-refractivity contribution in [2.45, 2.75) is 0 Å². The van der Waals surface area contributed by atoms with Gasteiger partial charge in [-0.05, 0) is 22.6 Å². The van der Waals surface area contributed by atoms with Crippen LogP contribution in [0.5, 0.6) is 0 Å². The lowest BCUT2D eigenvalue weighted by molar-refractivity contribution is 0.0979. The second-order valence-electron chi connectivity index (χ2n) is 5.37. The van der Waals surface area contributed by atoms with E-state index < -0.39 is 0 Å². The molecule has 28 heavy (non-hydrogen) atoms. The van der Waals surface area contributed by atoms with Crippen LogP contribution in [0.25, 0.3) is 0 Å². The monoisotopic (exact) mass is 370 g/mol. The third kappa shape index (κ3) is 4.50. The molecule has 0 aliphatic heterocycles. The first-order valence-corrected chi connectivity index (χ1v) is 8.23. The van der Waals surface area contributed by atoms with Crippen molar-refractivity contribution in [3.8, 4) is 0 Å². The zero-order valence-corrected chi connectivity index (χ0v) is 14.6. The van der Waals surface area contributed by atoms with Crippen molar-refractivity contribution in [3.63, 3.8) is 0 Å². The maximum Gasteiger partial charge on any atom is 0.194 e. The molecule has 136 valence electrons. The maximum atomic E-state index is 12.1. The number of nitrogens with zero attached hydrogens (tertiary/aromatic N) is 6. The van der Waals surface area contributed by atoms with Crippen LogP contribution in [0.15, 0.2) is 85.5 Å². The molecular formula is C20H14N6O2. The molecule has 1 aliphatic carbocycles. The summed E-state index contributed by atoms with van der Waals surface area (Å²) in [4.78, 5) is 24.2. The maximum absolute atomic E-state index is 12.1. The first-order chi connectivity index (χ1) is 13.8. The van der Waals surface area contributed by atoms with Gasteiger partial charge in [0.15, 0.2) is 11.6 Å². The van der Waals surface area contributed by atoms with Gasteiger partial charge in [-0.3, -0.25) is 9.59 Å². The molecule has 0 bridgehead atoms. The Bertz CT molecular complexity index is 868. The number of fused-ring (bicyclic) bond motifs is 2. The Morgan fingerprint density at radius 3 is 0.893 bits per heavy atom. The highest BCUT2D eigenvalue weighted by Gasteiger charge is 2.28. The molecule has 0 spiro atoms. The van der Waals surface area contributed by atoms with E-state index in [1.807, 2.05) is 0 Å². The minimum absolute atomic E-state index is 0.0641. The molecule has 1 aliphatic rings. The largest absolute Gasteiger partial charge is 0.289 e. The number of hydrogen-bond donors (Lipinski definition) is 0. The number of carbonyl (C=O) groups excluding carboxylic acids is 2. The molecule has 2 heterocycles. The minimum atomic E-state index is -0.0641. The molecule has 8 heteroatoms. The van der Waals surface area contributed by atoms with Crippen LogP contribution in [0.3, 0.4) is 0 Å². The molecule has 5 rings (SSSR count). The predicted molar refractivity (Wildman–Crippen MR) is 99.4 cm³/mol. The molecule has 0 fully saturated rings. The Labute approximate surface area is 160 Å². The van der Waals surface area contributed by atoms with E-state index in [2.05, 4.69) is 30.8 Å². The van der Waals surface area contributed by atoms with Crippen LogP contribution >= 0.6 is 0 Å². The summed E-state index contributed by atoms with van der Waals surface area (Å²) in [7, 11) is 0. The second-order valence-corrected chi connectivity index (χ2v) is 5.37. The Balaban J connectivity index is 0.000000153. The summed E-state index contributed by atoms with van der Waals surface area (Å²) in [5.74, 6) is -0.128. The first kappa shape index (κ1) is 18.6. The summed E-state index contributed by atoms with van der Waals surface area (Å²) in [6, 6.07) is 17.3. The molecule has 0 radical (unpaired) electrons. The molecular weight excluding hydrogens is 356 g/mol. The lowest BCUT2D eigenvalue weighted by Crippen LogP contribution is -2.20. The van der Waals surface area contributed by atoms with Crippen molar-refractivity contribution in [3.05, 3.63) is 108 Å². The smallest absolute Gasteiger partial charge is 0.194 e. The van der Waals surface area contributed by atoms with Crippen molar-refractivity contribution in [2.24, 2.45) is 0 Å². The molecule has 2 aromatic carbocycles. The Kier molecular flexibility index (Phi) is 6.30. The van der Waals surface area contributed by atoms with Gasteiger partial charge in [0.25, 0.3) is 0 Å². The Hall–Kier alpha value is -4.20. The average Bonchev–Trinajstić information content (AvgIpc) is 2.81. The van der Waals surface area contributed by atoms with Gasteiger partial charge in [0, 0.05) is 22.3 Å². The van der Waals surface area contributed by atoms with E-state index in [4.69, 9.17) is 0 Å². The van der Waals surface area contributed by atoms with Crippen LogP contribution in [0, 0.1) is 0 Å². The fourth-order valence-corrected chi connectivity index (χ4v) is 2.46. The molecule has 0 N–H and O–H groups in total. The van der Waals surface area contributed by atoms with Crippen LogP contribution in [0.1, 0.15) is 31.8 Å². The fraction of sp³-hybridized carbons (Fsp3) is 0. The normalized spacial score (nSPS) is 11.0. The lowest BCUT2D eigenvalue weighted by Gasteiger charge is -2.16. The van der Waals surface area contributed by atoms with Gasteiger partial charge < -0.3 is 0 Å². The summed E-state index contributed by atoms with van der Waals surface area (Å²) >= 11 is 0. The lowest BCUT2D eigenvalue weighted by atomic mass is 9.84. The van der Waals surface area contributed by atoms with E-state index in [1.54, 1.807) is 85.5 Å². The SMILES string of the molecule is O=C1c2ccccc2C(=O)c2ccccc21.c1cnnnc1.c1cnnnc1. The van der Waals surface area contributed by atoms with Crippen LogP contribution < -0.4 is 0 Å².